The van der Waals surface area contributed by atoms with E-state index in [9.17, 15) is 68.4 Å². The average Bonchev–Trinajstić information content (AvgIpc) is 1.54. The number of allylic oxidation sites excluding steroid dienone is 4. The van der Waals surface area contributed by atoms with Gasteiger partial charge in [0.05, 0.1) is 90.4 Å². The highest BCUT2D eigenvalue weighted by atomic mass is 16.8. The number of carbonyl (C=O) groups excluding carboxylic acids is 10. The Labute approximate surface area is 551 Å². The van der Waals surface area contributed by atoms with Crippen LogP contribution in [0.2, 0.25) is 0 Å². The minimum Gasteiger partial charge on any atom is -0.429 e. The number of aliphatic hydroxyl groups is 5. The number of hydrogen-bond donors (Lipinski definition) is 10. The number of nitrogens with zero attached hydrogens (tertiary/aromatic N) is 1. The van der Waals surface area contributed by atoms with Gasteiger partial charge in [0.25, 0.3) is 11.8 Å². The summed E-state index contributed by atoms with van der Waals surface area (Å²) in [4.78, 5) is 131. The third kappa shape index (κ3) is 19.4. The van der Waals surface area contributed by atoms with Crippen molar-refractivity contribution >= 4 is 64.8 Å². The zero-order chi connectivity index (χ0) is 69.0. The number of anilines is 1. The zero-order valence-corrected chi connectivity index (χ0v) is 54.6. The minimum absolute atomic E-state index is 0.000968. The summed E-state index contributed by atoms with van der Waals surface area (Å²) in [5.74, 6) is -5.73. The summed E-state index contributed by atoms with van der Waals surface area (Å²) in [5.41, 5.74) is -1.08. The third-order valence-electron chi connectivity index (χ3n) is 18.8. The standard InChI is InChI=1S/C66H94N6O23/c1-6-7-57-94-51-33-45-44-13-10-41-32-43(74)18-21-64(41,4)58(44)48(76)34-65(45,5)66(51,95-57)50(78)38-93-63(87)92-37-40-8-11-42(12-9-40)69-54(81)36-68-62(86)59(39(2)3)71-61(85)46(14-15-52(79)67-35-49(77)60(84)47(75)19-23-73)70-53(80)20-24-88-26-28-90-30-31-91-29-27-89-25-22-72-55(82)16-17-56(72)83/h8-9,11-12,16-18,21,32,39,44-49,51,57-60,73,75-77,84H,6-7,10,13-15,19-20,22-31,33-38H2,1-5H3,(H,67,79)(H,68,86)(H,69,81)(H,70,80)(H,71,85)/t44-,45-,46+,47+,48-,49-,51+,57?,58?,59?,60-,64-,65-,66+/m0/s1. The molecule has 1 aromatic carbocycles. The number of hydrogen-bond acceptors (Lipinski definition) is 23. The van der Waals surface area contributed by atoms with Gasteiger partial charge in [-0.2, -0.15) is 0 Å². The molecule has 0 bridgehead atoms. The number of Topliss-reactive ketones (excluding diaryl/α,β-unsaturated/α-hetero) is 1. The van der Waals surface area contributed by atoms with Gasteiger partial charge in [-0.25, -0.2) is 4.79 Å². The van der Waals surface area contributed by atoms with Crippen LogP contribution in [-0.4, -0.2) is 230 Å². The molecule has 29 nitrogen and oxygen atoms in total. The summed E-state index contributed by atoms with van der Waals surface area (Å²) in [7, 11) is 0. The molecule has 14 atom stereocenters. The normalized spacial score (nSPS) is 26.5. The van der Waals surface area contributed by atoms with E-state index in [4.69, 9.17) is 43.0 Å². The second-order valence-corrected chi connectivity index (χ2v) is 25.5. The summed E-state index contributed by atoms with van der Waals surface area (Å²) in [6.45, 7) is 8.33. The van der Waals surface area contributed by atoms with Crippen molar-refractivity contribution < 1.29 is 111 Å². The maximum atomic E-state index is 14.6. The quantitative estimate of drug-likeness (QED) is 0.0244. The number of amides is 7. The first kappa shape index (κ1) is 75.5. The number of carbonyl (C=O) groups is 10. The van der Waals surface area contributed by atoms with Crippen molar-refractivity contribution in [3.05, 3.63) is 65.8 Å². The van der Waals surface area contributed by atoms with Crippen LogP contribution >= 0.6 is 0 Å². The molecule has 1 aromatic rings. The topological polar surface area (TPSA) is 409 Å². The molecule has 10 N–H and O–H groups in total. The van der Waals surface area contributed by atoms with E-state index < -0.39 is 139 Å². The number of aliphatic hydroxyl groups excluding tert-OH is 5. The van der Waals surface area contributed by atoms with E-state index in [0.29, 0.717) is 30.5 Å². The predicted octanol–water partition coefficient (Wildman–Crippen LogP) is 0.501. The van der Waals surface area contributed by atoms with Crippen molar-refractivity contribution in [3.63, 3.8) is 0 Å². The number of nitrogens with one attached hydrogen (secondary N) is 5. The van der Waals surface area contributed by atoms with Gasteiger partial charge >= 0.3 is 6.16 Å². The molecule has 0 aromatic heterocycles. The number of fused-ring (bicyclic) bond motifs is 7. The lowest BCUT2D eigenvalue weighted by Crippen LogP contribution is -2.63. The van der Waals surface area contributed by atoms with Gasteiger partial charge in [-0.05, 0) is 92.5 Å². The molecule has 6 aliphatic rings. The van der Waals surface area contributed by atoms with Gasteiger partial charge in [-0.15, -0.1) is 0 Å². The van der Waals surface area contributed by atoms with E-state index in [-0.39, 0.29) is 133 Å². The summed E-state index contributed by atoms with van der Waals surface area (Å²) in [6.07, 6.45) is 1.88. The van der Waals surface area contributed by atoms with Crippen molar-refractivity contribution in [1.29, 1.82) is 0 Å². The van der Waals surface area contributed by atoms with Crippen LogP contribution in [0.15, 0.2) is 60.2 Å². The van der Waals surface area contributed by atoms with Crippen molar-refractivity contribution in [2.75, 3.05) is 91.0 Å². The van der Waals surface area contributed by atoms with E-state index in [2.05, 4.69) is 33.5 Å². The van der Waals surface area contributed by atoms with Gasteiger partial charge in [-0.1, -0.05) is 64.8 Å². The fraction of sp³-hybridized carbons (Fsp3) is 0.667. The van der Waals surface area contributed by atoms with Crippen LogP contribution in [0.5, 0.6) is 0 Å². The highest BCUT2D eigenvalue weighted by molar-refractivity contribution is 6.12. The monoisotopic (exact) mass is 1340 g/mol. The van der Waals surface area contributed by atoms with Crippen molar-refractivity contribution in [2.45, 2.75) is 160 Å². The molecule has 95 heavy (non-hydrogen) atoms. The summed E-state index contributed by atoms with van der Waals surface area (Å²) < 4.78 is 45.8. The molecule has 526 valence electrons. The Morgan fingerprint density at radius 1 is 0.768 bits per heavy atom. The first-order valence-electron chi connectivity index (χ1n) is 32.7. The molecule has 3 unspecified atom stereocenters. The number of benzene rings is 1. The fourth-order valence-corrected chi connectivity index (χ4v) is 13.9. The Balaban J connectivity index is 0.835. The molecule has 7 amide bonds. The van der Waals surface area contributed by atoms with Crippen LogP contribution in [-0.2, 0) is 87.7 Å². The predicted molar refractivity (Wildman–Crippen MR) is 334 cm³/mol. The molecule has 4 aliphatic carbocycles. The molecule has 2 heterocycles. The molecule has 2 aliphatic heterocycles. The Hall–Kier alpha value is -6.90. The van der Waals surface area contributed by atoms with Gasteiger partial charge in [-0.3, -0.25) is 48.1 Å². The number of ketones is 2. The van der Waals surface area contributed by atoms with Crippen LogP contribution in [0.4, 0.5) is 10.5 Å². The molecule has 3 saturated carbocycles. The van der Waals surface area contributed by atoms with Crippen molar-refractivity contribution in [1.82, 2.24) is 26.2 Å². The van der Waals surface area contributed by atoms with E-state index in [1.165, 1.54) is 24.3 Å². The van der Waals surface area contributed by atoms with E-state index >= 15 is 0 Å². The Morgan fingerprint density at radius 2 is 1.43 bits per heavy atom. The lowest BCUT2D eigenvalue weighted by atomic mass is 9.46. The Morgan fingerprint density at radius 3 is 2.08 bits per heavy atom. The molecule has 4 fully saturated rings. The van der Waals surface area contributed by atoms with Crippen molar-refractivity contribution in [3.8, 4) is 0 Å². The molecular formula is C66H94N6O23. The minimum atomic E-state index is -1.69. The van der Waals surface area contributed by atoms with E-state index in [0.717, 1.165) is 23.3 Å². The first-order valence-corrected chi connectivity index (χ1v) is 32.7. The molecule has 1 saturated heterocycles. The van der Waals surface area contributed by atoms with Crippen LogP contribution < -0.4 is 26.6 Å². The van der Waals surface area contributed by atoms with Gasteiger partial charge in [0.15, 0.2) is 24.3 Å². The summed E-state index contributed by atoms with van der Waals surface area (Å²) in [6, 6.07) is 3.57. The van der Waals surface area contributed by atoms with Gasteiger partial charge in [0.1, 0.15) is 24.8 Å². The number of imide groups is 1. The maximum absolute atomic E-state index is 14.6. The largest absolute Gasteiger partial charge is 0.509 e. The van der Waals surface area contributed by atoms with Gasteiger partial charge < -0.3 is 90.0 Å². The maximum Gasteiger partial charge on any atom is 0.509 e. The van der Waals surface area contributed by atoms with Crippen LogP contribution in [0.3, 0.4) is 0 Å². The molecule has 29 heteroatoms. The molecule has 7 rings (SSSR count). The summed E-state index contributed by atoms with van der Waals surface area (Å²) >= 11 is 0. The van der Waals surface area contributed by atoms with Gasteiger partial charge in [0, 0.05) is 60.6 Å². The molecular weight excluding hydrogens is 1240 g/mol. The summed E-state index contributed by atoms with van der Waals surface area (Å²) in [5, 5.41) is 64.2. The number of ether oxygens (including phenoxy) is 8. The lowest BCUT2D eigenvalue weighted by molar-refractivity contribution is -0.200. The Bertz CT molecular complexity index is 2940. The van der Waals surface area contributed by atoms with E-state index in [1.807, 2.05) is 19.9 Å². The molecule has 0 radical (unpaired) electrons. The fourth-order valence-electron chi connectivity index (χ4n) is 13.9. The van der Waals surface area contributed by atoms with Crippen LogP contribution in [0, 0.1) is 34.5 Å². The van der Waals surface area contributed by atoms with Crippen LogP contribution in [0.25, 0.3) is 0 Å². The lowest BCUT2D eigenvalue weighted by Gasteiger charge is -2.59. The SMILES string of the molecule is CCCC1O[C@@H]2C[C@H]3[C@@H]4CCC5=CC(=O)C=C[C@]5(C)C4[C@@H](O)C[C@]3(C)[C@]2(C(=O)COC(=O)OCc2ccc(NC(=O)CNC(=O)C(NC(=O)[C@@H](CCC(=O)NC[C@H](O)[C@@H](O)[C@H](O)CCO)NC(=O)CCOCCOCCOCCOCCN3C(=O)C=CC3=O)C(C)C)cc2)O1. The van der Waals surface area contributed by atoms with Gasteiger partial charge in [0.2, 0.25) is 35.3 Å². The second kappa shape index (κ2) is 35.4. The van der Waals surface area contributed by atoms with Crippen LogP contribution in [0.1, 0.15) is 104 Å². The Kier molecular flexibility index (Phi) is 28.1. The highest BCUT2D eigenvalue weighted by Gasteiger charge is 2.76. The molecule has 0 spiro atoms. The third-order valence-corrected chi connectivity index (χ3v) is 18.8. The highest BCUT2D eigenvalue weighted by Crippen LogP contribution is 2.70. The van der Waals surface area contributed by atoms with E-state index in [1.54, 1.807) is 38.1 Å². The first-order chi connectivity index (χ1) is 45.3. The second-order valence-electron chi connectivity index (χ2n) is 25.5. The number of rotatable bonds is 39. The smallest absolute Gasteiger partial charge is 0.429 e. The zero-order valence-electron chi connectivity index (χ0n) is 54.6. The average molecular weight is 1340 g/mol. The van der Waals surface area contributed by atoms with Crippen molar-refractivity contribution in [2.24, 2.45) is 34.5 Å².